The van der Waals surface area contributed by atoms with Crippen molar-refractivity contribution >= 4 is 0 Å². The topological polar surface area (TPSA) is 36.7 Å². The first-order valence-corrected chi connectivity index (χ1v) is 5.15. The number of aryl methyl sites for hydroxylation is 1. The standard InChI is InChI=1S/C14H12N2/c1-10-4-3-5-13(11(10)2)14-7-6-12(8-15)9-16-14/h3-7,9H,1-2H3. The van der Waals surface area contributed by atoms with Crippen molar-refractivity contribution in [2.75, 3.05) is 0 Å². The summed E-state index contributed by atoms with van der Waals surface area (Å²) in [5.74, 6) is 0. The number of aromatic nitrogens is 1. The number of nitriles is 1. The fourth-order valence-electron chi connectivity index (χ4n) is 1.65. The van der Waals surface area contributed by atoms with Crippen LogP contribution >= 0.6 is 0 Å². The molecule has 0 fully saturated rings. The Kier molecular flexibility index (Phi) is 2.70. The summed E-state index contributed by atoms with van der Waals surface area (Å²) in [6.07, 6.45) is 1.61. The lowest BCUT2D eigenvalue weighted by molar-refractivity contribution is 1.27. The molecule has 2 nitrogen and oxygen atoms in total. The molecule has 2 rings (SSSR count). The lowest BCUT2D eigenvalue weighted by Gasteiger charge is -2.07. The molecule has 0 bridgehead atoms. The van der Waals surface area contributed by atoms with E-state index < -0.39 is 0 Å². The molecule has 0 unspecified atom stereocenters. The van der Waals surface area contributed by atoms with Crippen molar-refractivity contribution in [2.24, 2.45) is 0 Å². The molecule has 1 aromatic carbocycles. The van der Waals surface area contributed by atoms with Gasteiger partial charge in [0.1, 0.15) is 6.07 Å². The van der Waals surface area contributed by atoms with Gasteiger partial charge < -0.3 is 0 Å². The molecule has 0 spiro atoms. The van der Waals surface area contributed by atoms with Crippen molar-refractivity contribution in [1.29, 1.82) is 5.26 Å². The normalized spacial score (nSPS) is 9.81. The number of rotatable bonds is 1. The molecule has 2 aromatic rings. The van der Waals surface area contributed by atoms with E-state index >= 15 is 0 Å². The van der Waals surface area contributed by atoms with E-state index in [0.717, 1.165) is 11.3 Å². The minimum absolute atomic E-state index is 0.592. The average molecular weight is 208 g/mol. The SMILES string of the molecule is Cc1cccc(-c2ccc(C#N)cn2)c1C. The van der Waals surface area contributed by atoms with Gasteiger partial charge >= 0.3 is 0 Å². The predicted octanol–water partition coefficient (Wildman–Crippen LogP) is 3.24. The Bertz CT molecular complexity index is 548. The quantitative estimate of drug-likeness (QED) is 0.721. The molecule has 0 amide bonds. The summed E-state index contributed by atoms with van der Waals surface area (Å²) in [4.78, 5) is 4.30. The van der Waals surface area contributed by atoms with Gasteiger partial charge in [-0.1, -0.05) is 18.2 Å². The van der Waals surface area contributed by atoms with Gasteiger partial charge in [0, 0.05) is 11.8 Å². The zero-order chi connectivity index (χ0) is 11.5. The lowest BCUT2D eigenvalue weighted by atomic mass is 10.0. The van der Waals surface area contributed by atoms with Crippen LogP contribution in [0.1, 0.15) is 16.7 Å². The summed E-state index contributed by atoms with van der Waals surface area (Å²) in [5.41, 5.74) is 5.13. The van der Waals surface area contributed by atoms with Crippen LogP contribution in [0.3, 0.4) is 0 Å². The maximum atomic E-state index is 8.71. The summed E-state index contributed by atoms with van der Waals surface area (Å²) < 4.78 is 0. The maximum absolute atomic E-state index is 8.71. The smallest absolute Gasteiger partial charge is 0.101 e. The van der Waals surface area contributed by atoms with Gasteiger partial charge in [-0.2, -0.15) is 5.26 Å². The number of pyridine rings is 1. The Hall–Kier alpha value is -2.14. The van der Waals surface area contributed by atoms with Crippen LogP contribution in [0.5, 0.6) is 0 Å². The van der Waals surface area contributed by atoms with Crippen LogP contribution in [-0.2, 0) is 0 Å². The maximum Gasteiger partial charge on any atom is 0.101 e. The summed E-state index contributed by atoms with van der Waals surface area (Å²) >= 11 is 0. The van der Waals surface area contributed by atoms with Crippen LogP contribution in [0, 0.1) is 25.2 Å². The van der Waals surface area contributed by atoms with Crippen LogP contribution in [0.4, 0.5) is 0 Å². The lowest BCUT2D eigenvalue weighted by Crippen LogP contribution is -1.90. The van der Waals surface area contributed by atoms with Gasteiger partial charge in [0.25, 0.3) is 0 Å². The summed E-state index contributed by atoms with van der Waals surface area (Å²) in [7, 11) is 0. The first-order chi connectivity index (χ1) is 7.72. The summed E-state index contributed by atoms with van der Waals surface area (Å²) in [5, 5.41) is 8.71. The molecule has 0 saturated heterocycles. The van der Waals surface area contributed by atoms with Gasteiger partial charge in [-0.05, 0) is 37.1 Å². The molecule has 78 valence electrons. The second-order valence-electron chi connectivity index (χ2n) is 3.79. The van der Waals surface area contributed by atoms with E-state index in [-0.39, 0.29) is 0 Å². The van der Waals surface area contributed by atoms with Crippen molar-refractivity contribution in [3.8, 4) is 17.3 Å². The van der Waals surface area contributed by atoms with Gasteiger partial charge in [0.05, 0.1) is 11.3 Å². The van der Waals surface area contributed by atoms with Crippen LogP contribution in [0.2, 0.25) is 0 Å². The minimum atomic E-state index is 0.592. The molecule has 0 aliphatic rings. The van der Waals surface area contributed by atoms with Crippen molar-refractivity contribution in [3.63, 3.8) is 0 Å². The third-order valence-corrected chi connectivity index (χ3v) is 2.77. The summed E-state index contributed by atoms with van der Waals surface area (Å²) in [6, 6.07) is 11.9. The number of nitrogens with zero attached hydrogens (tertiary/aromatic N) is 2. The van der Waals surface area contributed by atoms with Crippen LogP contribution < -0.4 is 0 Å². The molecule has 0 N–H and O–H groups in total. The predicted molar refractivity (Wildman–Crippen MR) is 63.9 cm³/mol. The number of hydrogen-bond donors (Lipinski definition) is 0. The van der Waals surface area contributed by atoms with Gasteiger partial charge in [0.2, 0.25) is 0 Å². The molecule has 0 aliphatic heterocycles. The van der Waals surface area contributed by atoms with Crippen LogP contribution in [0.25, 0.3) is 11.3 Å². The summed E-state index contributed by atoms with van der Waals surface area (Å²) in [6.45, 7) is 4.17. The third-order valence-electron chi connectivity index (χ3n) is 2.77. The van der Waals surface area contributed by atoms with E-state index in [2.05, 4.69) is 37.0 Å². The largest absolute Gasteiger partial charge is 0.255 e. The monoisotopic (exact) mass is 208 g/mol. The molecule has 1 heterocycles. The first kappa shape index (κ1) is 10.4. The Morgan fingerprint density at radius 1 is 1.12 bits per heavy atom. The molecule has 0 radical (unpaired) electrons. The molecular weight excluding hydrogens is 196 g/mol. The fourth-order valence-corrected chi connectivity index (χ4v) is 1.65. The van der Waals surface area contributed by atoms with Gasteiger partial charge in [0.15, 0.2) is 0 Å². The Labute approximate surface area is 95.2 Å². The fraction of sp³-hybridized carbons (Fsp3) is 0.143. The van der Waals surface area contributed by atoms with Crippen molar-refractivity contribution in [1.82, 2.24) is 4.98 Å². The first-order valence-electron chi connectivity index (χ1n) is 5.15. The van der Waals surface area contributed by atoms with E-state index in [1.165, 1.54) is 11.1 Å². The molecule has 16 heavy (non-hydrogen) atoms. The highest BCUT2D eigenvalue weighted by atomic mass is 14.7. The van der Waals surface area contributed by atoms with E-state index in [9.17, 15) is 0 Å². The number of benzene rings is 1. The van der Waals surface area contributed by atoms with E-state index in [4.69, 9.17) is 5.26 Å². The van der Waals surface area contributed by atoms with Gasteiger partial charge in [-0.25, -0.2) is 0 Å². The van der Waals surface area contributed by atoms with E-state index in [1.807, 2.05) is 12.1 Å². The van der Waals surface area contributed by atoms with Crippen molar-refractivity contribution in [2.45, 2.75) is 13.8 Å². The average Bonchev–Trinajstić information content (AvgIpc) is 2.33. The molecular formula is C14H12N2. The third kappa shape index (κ3) is 1.80. The zero-order valence-electron chi connectivity index (χ0n) is 9.36. The van der Waals surface area contributed by atoms with Crippen LogP contribution in [0.15, 0.2) is 36.5 Å². The van der Waals surface area contributed by atoms with Crippen molar-refractivity contribution in [3.05, 3.63) is 53.2 Å². The minimum Gasteiger partial charge on any atom is -0.255 e. The van der Waals surface area contributed by atoms with Gasteiger partial charge in [-0.3, -0.25) is 4.98 Å². The highest BCUT2D eigenvalue weighted by Crippen LogP contribution is 2.23. The van der Waals surface area contributed by atoms with Crippen molar-refractivity contribution < 1.29 is 0 Å². The molecule has 0 atom stereocenters. The van der Waals surface area contributed by atoms with E-state index in [0.29, 0.717) is 5.56 Å². The number of hydrogen-bond acceptors (Lipinski definition) is 2. The molecule has 1 aromatic heterocycles. The zero-order valence-corrected chi connectivity index (χ0v) is 9.36. The Morgan fingerprint density at radius 3 is 2.56 bits per heavy atom. The Balaban J connectivity index is 2.51. The second kappa shape index (κ2) is 4.16. The van der Waals surface area contributed by atoms with Gasteiger partial charge in [-0.15, -0.1) is 0 Å². The highest BCUT2D eigenvalue weighted by molar-refractivity contribution is 5.65. The van der Waals surface area contributed by atoms with Crippen LogP contribution in [-0.4, -0.2) is 4.98 Å². The molecule has 0 aliphatic carbocycles. The second-order valence-corrected chi connectivity index (χ2v) is 3.79. The highest BCUT2D eigenvalue weighted by Gasteiger charge is 2.04. The molecule has 0 saturated carbocycles. The Morgan fingerprint density at radius 2 is 1.94 bits per heavy atom. The van der Waals surface area contributed by atoms with E-state index in [1.54, 1.807) is 12.3 Å². The molecule has 2 heteroatoms.